The Hall–Kier alpha value is -0.700. The summed E-state index contributed by atoms with van der Waals surface area (Å²) >= 11 is 0. The summed E-state index contributed by atoms with van der Waals surface area (Å²) in [4.78, 5) is 24.3. The summed E-state index contributed by atoms with van der Waals surface area (Å²) < 4.78 is 0. The first-order chi connectivity index (χ1) is 10.4. The third-order valence-electron chi connectivity index (χ3n) is 8.29. The van der Waals surface area contributed by atoms with E-state index in [1.807, 2.05) is 0 Å². The average Bonchev–Trinajstić information content (AvgIpc) is 2.77. The fourth-order valence-electron chi connectivity index (χ4n) is 6.88. The standard InChI is InChI=1S/C19H28O3/c1-18-8-7-15-13(14(18)5-6-16(18)21)4-3-11-9-12(20)10-17(22)19(11,15)2/h11,13-15,17,22H,3-10H2,1-2H3/t11-,13-,14-,15-,17?,18-,19-/m0/s1. The van der Waals surface area contributed by atoms with Crippen molar-refractivity contribution in [2.24, 2.45) is 34.5 Å². The highest BCUT2D eigenvalue weighted by molar-refractivity contribution is 5.87. The smallest absolute Gasteiger partial charge is 0.139 e. The lowest BCUT2D eigenvalue weighted by Crippen LogP contribution is -2.58. The van der Waals surface area contributed by atoms with Crippen molar-refractivity contribution < 1.29 is 14.7 Å². The van der Waals surface area contributed by atoms with Crippen molar-refractivity contribution in [1.29, 1.82) is 0 Å². The van der Waals surface area contributed by atoms with Crippen molar-refractivity contribution in [2.45, 2.75) is 71.3 Å². The third kappa shape index (κ3) is 1.72. The highest BCUT2D eigenvalue weighted by atomic mass is 16.3. The Bertz CT molecular complexity index is 527. The molecule has 4 fully saturated rings. The second kappa shape index (κ2) is 4.66. The van der Waals surface area contributed by atoms with Crippen LogP contribution < -0.4 is 0 Å². The normalized spacial score (nSPS) is 54.6. The Morgan fingerprint density at radius 1 is 1.00 bits per heavy atom. The molecule has 4 aliphatic carbocycles. The number of rotatable bonds is 0. The zero-order valence-electron chi connectivity index (χ0n) is 13.8. The van der Waals surface area contributed by atoms with Crippen LogP contribution in [0.4, 0.5) is 0 Å². The first-order valence-corrected chi connectivity index (χ1v) is 9.10. The summed E-state index contributed by atoms with van der Waals surface area (Å²) in [6.07, 6.45) is 6.59. The molecule has 3 heteroatoms. The van der Waals surface area contributed by atoms with Crippen molar-refractivity contribution in [3.8, 4) is 0 Å². The third-order valence-corrected chi connectivity index (χ3v) is 8.29. The van der Waals surface area contributed by atoms with Gasteiger partial charge in [-0.3, -0.25) is 9.59 Å². The van der Waals surface area contributed by atoms with E-state index in [0.717, 1.165) is 38.5 Å². The van der Waals surface area contributed by atoms with Gasteiger partial charge in [0.1, 0.15) is 11.6 Å². The number of carbonyl (C=O) groups excluding carboxylic acids is 2. The predicted molar refractivity (Wildman–Crippen MR) is 83.1 cm³/mol. The molecule has 4 aliphatic rings. The van der Waals surface area contributed by atoms with Gasteiger partial charge in [0.25, 0.3) is 0 Å². The number of hydrogen-bond acceptors (Lipinski definition) is 3. The predicted octanol–water partition coefficient (Wildman–Crippen LogP) is 3.14. The number of aliphatic hydroxyl groups is 1. The van der Waals surface area contributed by atoms with Crippen molar-refractivity contribution in [3.05, 3.63) is 0 Å². The maximum atomic E-state index is 12.4. The zero-order chi connectivity index (χ0) is 15.7. The SMILES string of the molecule is C[C@]12C(O)CC(=O)C[C@@H]1CC[C@@H]1[C@@H]2CC[C@]2(C)C(=O)CC[C@@H]12. The first-order valence-electron chi connectivity index (χ1n) is 9.10. The topological polar surface area (TPSA) is 54.4 Å². The quantitative estimate of drug-likeness (QED) is 0.748. The molecule has 7 atom stereocenters. The lowest BCUT2D eigenvalue weighted by Gasteiger charge is -2.60. The van der Waals surface area contributed by atoms with Crippen LogP contribution in [0.2, 0.25) is 0 Å². The summed E-state index contributed by atoms with van der Waals surface area (Å²) in [6, 6.07) is 0. The van der Waals surface area contributed by atoms with E-state index in [0.29, 0.717) is 42.3 Å². The van der Waals surface area contributed by atoms with Gasteiger partial charge in [-0.1, -0.05) is 13.8 Å². The molecule has 22 heavy (non-hydrogen) atoms. The van der Waals surface area contributed by atoms with E-state index >= 15 is 0 Å². The molecule has 4 rings (SSSR count). The minimum atomic E-state index is -0.479. The van der Waals surface area contributed by atoms with Crippen LogP contribution in [0.1, 0.15) is 65.2 Å². The minimum Gasteiger partial charge on any atom is -0.392 e. The summed E-state index contributed by atoms with van der Waals surface area (Å²) in [6.45, 7) is 4.43. The monoisotopic (exact) mass is 304 g/mol. The zero-order valence-corrected chi connectivity index (χ0v) is 13.8. The molecule has 122 valence electrons. The van der Waals surface area contributed by atoms with E-state index in [4.69, 9.17) is 0 Å². The number of fused-ring (bicyclic) bond motifs is 5. The van der Waals surface area contributed by atoms with Crippen LogP contribution in [0.5, 0.6) is 0 Å². The first kappa shape index (κ1) is 14.9. The highest BCUT2D eigenvalue weighted by Crippen LogP contribution is 2.65. The van der Waals surface area contributed by atoms with E-state index in [9.17, 15) is 14.7 Å². The van der Waals surface area contributed by atoms with Gasteiger partial charge in [-0.15, -0.1) is 0 Å². The highest BCUT2D eigenvalue weighted by Gasteiger charge is 2.62. The number of carbonyl (C=O) groups is 2. The molecule has 0 heterocycles. The van der Waals surface area contributed by atoms with Gasteiger partial charge in [-0.05, 0) is 55.8 Å². The Balaban J connectivity index is 1.69. The fourth-order valence-corrected chi connectivity index (χ4v) is 6.88. The number of ketones is 2. The van der Waals surface area contributed by atoms with Crippen LogP contribution in [0.25, 0.3) is 0 Å². The molecule has 0 amide bonds. The van der Waals surface area contributed by atoms with Gasteiger partial charge in [0.2, 0.25) is 0 Å². The largest absolute Gasteiger partial charge is 0.392 e. The number of aliphatic hydroxyl groups excluding tert-OH is 1. The molecule has 0 saturated heterocycles. The molecule has 4 saturated carbocycles. The molecule has 0 aromatic rings. The van der Waals surface area contributed by atoms with Gasteiger partial charge in [0, 0.05) is 30.1 Å². The lowest BCUT2D eigenvalue weighted by molar-refractivity contribution is -0.169. The molecule has 1 unspecified atom stereocenters. The van der Waals surface area contributed by atoms with Gasteiger partial charge in [0.15, 0.2) is 0 Å². The fraction of sp³-hybridized carbons (Fsp3) is 0.895. The summed E-state index contributed by atoms with van der Waals surface area (Å²) in [5, 5.41) is 10.7. The second-order valence-corrected chi connectivity index (χ2v) is 8.90. The van der Waals surface area contributed by atoms with E-state index in [1.54, 1.807) is 0 Å². The van der Waals surface area contributed by atoms with Crippen LogP contribution in [-0.4, -0.2) is 22.8 Å². The minimum absolute atomic E-state index is 0.0974. The van der Waals surface area contributed by atoms with Crippen molar-refractivity contribution in [3.63, 3.8) is 0 Å². The molecule has 1 N–H and O–H groups in total. The Kier molecular flexibility index (Phi) is 3.15. The molecule has 0 radical (unpaired) electrons. The van der Waals surface area contributed by atoms with Crippen molar-refractivity contribution >= 4 is 11.6 Å². The van der Waals surface area contributed by atoms with Gasteiger partial charge >= 0.3 is 0 Å². The summed E-state index contributed by atoms with van der Waals surface area (Å²) in [5.74, 6) is 2.66. The van der Waals surface area contributed by atoms with E-state index in [2.05, 4.69) is 13.8 Å². The summed E-state index contributed by atoms with van der Waals surface area (Å²) in [5.41, 5.74) is -0.205. The average molecular weight is 304 g/mol. The second-order valence-electron chi connectivity index (χ2n) is 8.90. The maximum absolute atomic E-state index is 12.4. The molecule has 3 nitrogen and oxygen atoms in total. The molecule has 0 bridgehead atoms. The van der Waals surface area contributed by atoms with E-state index < -0.39 is 6.10 Å². The molecule has 0 aliphatic heterocycles. The van der Waals surface area contributed by atoms with Gasteiger partial charge in [-0.25, -0.2) is 0 Å². The van der Waals surface area contributed by atoms with Gasteiger partial charge < -0.3 is 5.11 Å². The van der Waals surface area contributed by atoms with Gasteiger partial charge in [0.05, 0.1) is 6.10 Å². The maximum Gasteiger partial charge on any atom is 0.139 e. The molecule has 0 aromatic carbocycles. The number of hydrogen-bond donors (Lipinski definition) is 1. The Morgan fingerprint density at radius 2 is 1.77 bits per heavy atom. The van der Waals surface area contributed by atoms with Gasteiger partial charge in [-0.2, -0.15) is 0 Å². The van der Waals surface area contributed by atoms with Crippen molar-refractivity contribution in [2.75, 3.05) is 0 Å². The van der Waals surface area contributed by atoms with Crippen LogP contribution in [0, 0.1) is 34.5 Å². The van der Waals surface area contributed by atoms with Crippen molar-refractivity contribution in [1.82, 2.24) is 0 Å². The van der Waals surface area contributed by atoms with Crippen LogP contribution in [0.15, 0.2) is 0 Å². The molecular formula is C19H28O3. The van der Waals surface area contributed by atoms with Crippen LogP contribution in [-0.2, 0) is 9.59 Å². The van der Waals surface area contributed by atoms with E-state index in [1.165, 1.54) is 0 Å². The summed E-state index contributed by atoms with van der Waals surface area (Å²) in [7, 11) is 0. The van der Waals surface area contributed by atoms with E-state index in [-0.39, 0.29) is 16.6 Å². The lowest BCUT2D eigenvalue weighted by atomic mass is 9.44. The molecule has 0 spiro atoms. The Labute approximate surface area is 132 Å². The number of Topliss-reactive ketones (excluding diaryl/α,β-unsaturated/α-hetero) is 2. The molecule has 0 aromatic heterocycles. The Morgan fingerprint density at radius 3 is 2.55 bits per heavy atom. The molecular weight excluding hydrogens is 276 g/mol. The van der Waals surface area contributed by atoms with Crippen LogP contribution >= 0.6 is 0 Å². The van der Waals surface area contributed by atoms with Crippen LogP contribution in [0.3, 0.4) is 0 Å².